The van der Waals surface area contributed by atoms with E-state index in [0.717, 1.165) is 61.9 Å². The first kappa shape index (κ1) is 21.8. The molecule has 0 unspecified atom stereocenters. The summed E-state index contributed by atoms with van der Waals surface area (Å²) < 4.78 is 0. The number of amides is 3. The van der Waals surface area contributed by atoms with Crippen LogP contribution in [0.25, 0.3) is 0 Å². The van der Waals surface area contributed by atoms with Gasteiger partial charge in [-0.3, -0.25) is 9.78 Å². The Bertz CT molecular complexity index is 817. The fourth-order valence-electron chi connectivity index (χ4n) is 3.91. The quantitative estimate of drug-likeness (QED) is 0.651. The minimum absolute atomic E-state index is 0.130. The van der Waals surface area contributed by atoms with E-state index in [1.54, 1.807) is 12.4 Å². The van der Waals surface area contributed by atoms with Crippen molar-refractivity contribution in [3.05, 3.63) is 65.5 Å². The van der Waals surface area contributed by atoms with Crippen molar-refractivity contribution in [2.45, 2.75) is 45.6 Å². The van der Waals surface area contributed by atoms with E-state index in [2.05, 4.69) is 15.6 Å². The maximum absolute atomic E-state index is 12.7. The van der Waals surface area contributed by atoms with Crippen LogP contribution < -0.4 is 10.6 Å². The highest BCUT2D eigenvalue weighted by Crippen LogP contribution is 2.24. The van der Waals surface area contributed by atoms with Crippen LogP contribution in [0.4, 0.5) is 4.79 Å². The molecule has 1 aromatic heterocycles. The summed E-state index contributed by atoms with van der Waals surface area (Å²) in [5.41, 5.74) is 2.90. The summed E-state index contributed by atoms with van der Waals surface area (Å²) >= 11 is 0. The second-order valence-electron chi connectivity index (χ2n) is 8.01. The van der Waals surface area contributed by atoms with E-state index in [4.69, 9.17) is 0 Å². The van der Waals surface area contributed by atoms with Gasteiger partial charge in [-0.15, -0.1) is 0 Å². The molecule has 0 aliphatic carbocycles. The van der Waals surface area contributed by atoms with E-state index in [0.29, 0.717) is 19.0 Å². The number of piperidine rings is 1. The van der Waals surface area contributed by atoms with Crippen molar-refractivity contribution < 1.29 is 9.59 Å². The molecule has 2 aromatic rings. The van der Waals surface area contributed by atoms with Crippen molar-refractivity contribution in [1.82, 2.24) is 20.5 Å². The summed E-state index contributed by atoms with van der Waals surface area (Å²) in [6.07, 6.45) is 8.81. The van der Waals surface area contributed by atoms with Gasteiger partial charge in [0.15, 0.2) is 0 Å². The number of urea groups is 1. The van der Waals surface area contributed by atoms with Crippen molar-refractivity contribution in [2.75, 3.05) is 19.6 Å². The summed E-state index contributed by atoms with van der Waals surface area (Å²) in [6.45, 7) is 4.87. The third kappa shape index (κ3) is 6.58. The normalized spacial score (nSPS) is 14.4. The lowest BCUT2D eigenvalue weighted by atomic mass is 9.91. The van der Waals surface area contributed by atoms with E-state index >= 15 is 0 Å². The molecular weight excluding hydrogens is 376 g/mol. The lowest BCUT2D eigenvalue weighted by Gasteiger charge is -2.32. The molecule has 0 spiro atoms. The second kappa shape index (κ2) is 11.3. The van der Waals surface area contributed by atoms with Gasteiger partial charge in [0.05, 0.1) is 0 Å². The molecule has 2 N–H and O–H groups in total. The van der Waals surface area contributed by atoms with Crippen molar-refractivity contribution in [3.63, 3.8) is 0 Å². The molecule has 3 amide bonds. The van der Waals surface area contributed by atoms with Crippen LogP contribution in [-0.4, -0.2) is 41.5 Å². The number of pyridine rings is 1. The molecule has 1 aliphatic heterocycles. The molecule has 6 nitrogen and oxygen atoms in total. The predicted octanol–water partition coefficient (Wildman–Crippen LogP) is 3.91. The summed E-state index contributed by atoms with van der Waals surface area (Å²) in [6, 6.07) is 11.5. The number of carbonyl (C=O) groups excluding carboxylic acids is 2. The number of rotatable bonds is 8. The van der Waals surface area contributed by atoms with Gasteiger partial charge in [0.1, 0.15) is 0 Å². The summed E-state index contributed by atoms with van der Waals surface area (Å²) in [7, 11) is 0. The number of likely N-dealkylation sites (tertiary alicyclic amines) is 1. The molecule has 0 atom stereocenters. The predicted molar refractivity (Wildman–Crippen MR) is 118 cm³/mol. The smallest absolute Gasteiger partial charge is 0.315 e. The van der Waals surface area contributed by atoms with E-state index in [1.165, 1.54) is 0 Å². The van der Waals surface area contributed by atoms with Gasteiger partial charge >= 0.3 is 6.03 Å². The Labute approximate surface area is 179 Å². The summed E-state index contributed by atoms with van der Waals surface area (Å²) in [5.74, 6) is 0.833. The fraction of sp³-hybridized carbons (Fsp3) is 0.458. The van der Waals surface area contributed by atoms with Crippen LogP contribution in [0, 0.1) is 12.8 Å². The lowest BCUT2D eigenvalue weighted by Crippen LogP contribution is -2.38. The van der Waals surface area contributed by atoms with Gasteiger partial charge in [-0.2, -0.15) is 0 Å². The van der Waals surface area contributed by atoms with Crippen LogP contribution in [0.3, 0.4) is 0 Å². The zero-order valence-corrected chi connectivity index (χ0v) is 17.8. The van der Waals surface area contributed by atoms with Crippen molar-refractivity contribution in [3.8, 4) is 0 Å². The van der Waals surface area contributed by atoms with E-state index in [-0.39, 0.29) is 11.9 Å². The Morgan fingerprint density at radius 2 is 1.77 bits per heavy atom. The van der Waals surface area contributed by atoms with Crippen molar-refractivity contribution >= 4 is 11.9 Å². The van der Waals surface area contributed by atoms with E-state index in [9.17, 15) is 9.59 Å². The molecule has 3 rings (SSSR count). The zero-order chi connectivity index (χ0) is 21.2. The molecule has 0 radical (unpaired) electrons. The molecule has 1 saturated heterocycles. The Morgan fingerprint density at radius 1 is 1.03 bits per heavy atom. The van der Waals surface area contributed by atoms with Gasteiger partial charge in [0, 0.05) is 44.1 Å². The molecule has 160 valence electrons. The van der Waals surface area contributed by atoms with Gasteiger partial charge in [-0.1, -0.05) is 31.0 Å². The zero-order valence-electron chi connectivity index (χ0n) is 17.8. The number of hydrogen-bond acceptors (Lipinski definition) is 3. The maximum Gasteiger partial charge on any atom is 0.315 e. The monoisotopic (exact) mass is 408 g/mol. The molecule has 0 bridgehead atoms. The topological polar surface area (TPSA) is 74.3 Å². The average Bonchev–Trinajstić information content (AvgIpc) is 2.78. The van der Waals surface area contributed by atoms with Gasteiger partial charge in [0.25, 0.3) is 5.91 Å². The molecule has 1 fully saturated rings. The van der Waals surface area contributed by atoms with Crippen LogP contribution >= 0.6 is 0 Å². The molecule has 1 aromatic carbocycles. The van der Waals surface area contributed by atoms with Crippen LogP contribution in [0.1, 0.15) is 53.6 Å². The highest BCUT2D eigenvalue weighted by molar-refractivity contribution is 5.95. The summed E-state index contributed by atoms with van der Waals surface area (Å²) in [5, 5.41) is 5.77. The Balaban J connectivity index is 1.26. The van der Waals surface area contributed by atoms with Crippen LogP contribution in [0.15, 0.2) is 48.8 Å². The first-order chi connectivity index (χ1) is 14.6. The number of carbonyl (C=O) groups is 2. The number of aryl methyl sites for hydroxylation is 1. The minimum atomic E-state index is -0.130. The molecular formula is C24H32N4O2. The standard InChI is InChI=1S/C24H32N4O2/c1-19-6-2-3-8-22(19)23(29)28-16-11-20(12-17-28)7-4-5-13-26-24(30)27-18-21-9-14-25-15-10-21/h2-3,6,8-10,14-15,20H,4-5,7,11-13,16-18H2,1H3,(H2,26,27,30). The van der Waals surface area contributed by atoms with Gasteiger partial charge in [0.2, 0.25) is 0 Å². The number of nitrogens with one attached hydrogen (secondary N) is 2. The molecule has 1 aliphatic rings. The number of nitrogens with zero attached hydrogens (tertiary/aromatic N) is 2. The lowest BCUT2D eigenvalue weighted by molar-refractivity contribution is 0.0685. The van der Waals surface area contributed by atoms with E-state index in [1.807, 2.05) is 48.2 Å². The molecule has 6 heteroatoms. The van der Waals surface area contributed by atoms with Crippen LogP contribution in [0.5, 0.6) is 0 Å². The second-order valence-corrected chi connectivity index (χ2v) is 8.01. The third-order valence-electron chi connectivity index (χ3n) is 5.80. The maximum atomic E-state index is 12.7. The number of benzene rings is 1. The average molecular weight is 409 g/mol. The molecule has 2 heterocycles. The highest BCUT2D eigenvalue weighted by Gasteiger charge is 2.24. The highest BCUT2D eigenvalue weighted by atomic mass is 16.2. The SMILES string of the molecule is Cc1ccccc1C(=O)N1CCC(CCCCNC(=O)NCc2ccncc2)CC1. The van der Waals surface area contributed by atoms with Crippen LogP contribution in [-0.2, 0) is 6.54 Å². The molecule has 0 saturated carbocycles. The van der Waals surface area contributed by atoms with E-state index < -0.39 is 0 Å². The number of aromatic nitrogens is 1. The number of hydrogen-bond donors (Lipinski definition) is 2. The summed E-state index contributed by atoms with van der Waals surface area (Å²) in [4.78, 5) is 30.5. The van der Waals surface area contributed by atoms with Gasteiger partial charge in [-0.25, -0.2) is 4.79 Å². The first-order valence-electron chi connectivity index (χ1n) is 10.9. The van der Waals surface area contributed by atoms with Gasteiger partial charge < -0.3 is 15.5 Å². The Hall–Kier alpha value is -2.89. The first-order valence-corrected chi connectivity index (χ1v) is 10.9. The van der Waals surface area contributed by atoms with Crippen molar-refractivity contribution in [2.24, 2.45) is 5.92 Å². The number of unbranched alkanes of at least 4 members (excludes halogenated alkanes) is 1. The Morgan fingerprint density at radius 3 is 2.50 bits per heavy atom. The van der Waals surface area contributed by atoms with Gasteiger partial charge in [-0.05, 0) is 61.4 Å². The largest absolute Gasteiger partial charge is 0.339 e. The van der Waals surface area contributed by atoms with Crippen LogP contribution in [0.2, 0.25) is 0 Å². The Kier molecular flexibility index (Phi) is 8.24. The molecule has 30 heavy (non-hydrogen) atoms. The fourth-order valence-corrected chi connectivity index (χ4v) is 3.91. The third-order valence-corrected chi connectivity index (χ3v) is 5.80. The van der Waals surface area contributed by atoms with Crippen molar-refractivity contribution in [1.29, 1.82) is 0 Å². The minimum Gasteiger partial charge on any atom is -0.339 e.